The van der Waals surface area contributed by atoms with Gasteiger partial charge in [-0.05, 0) is 36.1 Å². The average Bonchev–Trinajstić information content (AvgIpc) is 2.62. The normalized spacial score (nSPS) is 10.5. The minimum Gasteiger partial charge on any atom is -0.324 e. The van der Waals surface area contributed by atoms with E-state index in [0.29, 0.717) is 0 Å². The van der Waals surface area contributed by atoms with Crippen molar-refractivity contribution in [1.82, 2.24) is 0 Å². The highest BCUT2D eigenvalue weighted by Gasteiger charge is 2.19. The number of anilines is 2. The number of nitrogens with zero attached hydrogens (tertiary/aromatic N) is 1. The minimum atomic E-state index is -1.07. The monoisotopic (exact) mass is 360 g/mol. The van der Waals surface area contributed by atoms with Gasteiger partial charge in [-0.2, -0.15) is 0 Å². The Bertz CT molecular complexity index is 799. The van der Waals surface area contributed by atoms with E-state index in [-0.39, 0.29) is 12.2 Å². The Balaban J connectivity index is 2.24. The molecular weight excluding hydrogens is 338 g/mol. The largest absolute Gasteiger partial charge is 0.324 e. The molecule has 0 aliphatic carbocycles. The first-order valence-corrected chi connectivity index (χ1v) is 8.51. The quantitative estimate of drug-likeness (QED) is 0.844. The summed E-state index contributed by atoms with van der Waals surface area (Å²) in [5.41, 5.74) is 2.88. The molecular formula is C20H22F2N2O2. The van der Waals surface area contributed by atoms with E-state index in [9.17, 15) is 18.4 Å². The van der Waals surface area contributed by atoms with Crippen LogP contribution in [0.3, 0.4) is 0 Å². The van der Waals surface area contributed by atoms with Crippen LogP contribution in [0.5, 0.6) is 0 Å². The molecule has 0 saturated carbocycles. The SMILES string of the molecule is CCc1cccc(CC)c1NC(=O)CN(C(C)=O)c1ccc(F)c(F)c1. The number of carbonyl (C=O) groups is 2. The summed E-state index contributed by atoms with van der Waals surface area (Å²) in [6, 6.07) is 8.92. The molecule has 0 radical (unpaired) electrons. The summed E-state index contributed by atoms with van der Waals surface area (Å²) in [5.74, 6) is -2.92. The first-order valence-electron chi connectivity index (χ1n) is 8.51. The van der Waals surface area contributed by atoms with Crippen LogP contribution >= 0.6 is 0 Å². The molecule has 2 amide bonds. The van der Waals surface area contributed by atoms with Crippen LogP contribution in [0.15, 0.2) is 36.4 Å². The fourth-order valence-electron chi connectivity index (χ4n) is 2.76. The predicted octanol–water partition coefficient (Wildman–Crippen LogP) is 4.08. The Kier molecular flexibility index (Phi) is 6.44. The van der Waals surface area contributed by atoms with Gasteiger partial charge in [-0.3, -0.25) is 9.59 Å². The molecule has 2 rings (SSSR count). The van der Waals surface area contributed by atoms with Gasteiger partial charge < -0.3 is 10.2 Å². The van der Waals surface area contributed by atoms with Gasteiger partial charge in [0.25, 0.3) is 0 Å². The molecule has 1 N–H and O–H groups in total. The number of amides is 2. The molecule has 0 fully saturated rings. The van der Waals surface area contributed by atoms with E-state index >= 15 is 0 Å². The highest BCUT2D eigenvalue weighted by atomic mass is 19.2. The van der Waals surface area contributed by atoms with Gasteiger partial charge in [-0.15, -0.1) is 0 Å². The maximum absolute atomic E-state index is 13.5. The van der Waals surface area contributed by atoms with Crippen molar-refractivity contribution in [2.45, 2.75) is 33.6 Å². The summed E-state index contributed by atoms with van der Waals surface area (Å²) in [5, 5.41) is 2.86. The molecule has 0 aliphatic heterocycles. The fourth-order valence-corrected chi connectivity index (χ4v) is 2.76. The van der Waals surface area contributed by atoms with Gasteiger partial charge in [0.1, 0.15) is 6.54 Å². The van der Waals surface area contributed by atoms with Crippen LogP contribution in [0.1, 0.15) is 31.9 Å². The van der Waals surface area contributed by atoms with Crippen molar-refractivity contribution in [3.8, 4) is 0 Å². The zero-order chi connectivity index (χ0) is 19.3. The first-order chi connectivity index (χ1) is 12.4. The summed E-state index contributed by atoms with van der Waals surface area (Å²) in [7, 11) is 0. The van der Waals surface area contributed by atoms with Crippen molar-refractivity contribution in [3.63, 3.8) is 0 Å². The van der Waals surface area contributed by atoms with Gasteiger partial charge in [0.05, 0.1) is 0 Å². The Morgan fingerprint density at radius 2 is 1.62 bits per heavy atom. The Labute approximate surface area is 151 Å². The molecule has 0 atom stereocenters. The number of aryl methyl sites for hydroxylation is 2. The topological polar surface area (TPSA) is 49.4 Å². The van der Waals surface area contributed by atoms with E-state index in [1.54, 1.807) is 0 Å². The van der Waals surface area contributed by atoms with Crippen molar-refractivity contribution in [2.75, 3.05) is 16.8 Å². The van der Waals surface area contributed by atoms with Crippen molar-refractivity contribution >= 4 is 23.2 Å². The predicted molar refractivity (Wildman–Crippen MR) is 98.2 cm³/mol. The molecule has 26 heavy (non-hydrogen) atoms. The van der Waals surface area contributed by atoms with Crippen LogP contribution in [0.2, 0.25) is 0 Å². The van der Waals surface area contributed by atoms with Gasteiger partial charge in [0.2, 0.25) is 11.8 Å². The van der Waals surface area contributed by atoms with Crippen molar-refractivity contribution in [2.24, 2.45) is 0 Å². The smallest absolute Gasteiger partial charge is 0.244 e. The lowest BCUT2D eigenvalue weighted by Gasteiger charge is -2.22. The second-order valence-corrected chi connectivity index (χ2v) is 5.91. The van der Waals surface area contributed by atoms with Gasteiger partial charge in [0, 0.05) is 24.4 Å². The standard InChI is InChI=1S/C20H22F2N2O2/c1-4-14-7-6-8-15(5-2)20(14)23-19(26)12-24(13(3)25)16-9-10-17(21)18(22)11-16/h6-11H,4-5,12H2,1-3H3,(H,23,26). The van der Waals surface area contributed by atoms with Crippen LogP contribution in [0.4, 0.5) is 20.2 Å². The maximum atomic E-state index is 13.5. The fraction of sp³-hybridized carbons (Fsp3) is 0.300. The molecule has 2 aromatic rings. The maximum Gasteiger partial charge on any atom is 0.244 e. The molecule has 0 heterocycles. The average molecular weight is 360 g/mol. The third kappa shape index (κ3) is 4.45. The lowest BCUT2D eigenvalue weighted by atomic mass is 10.0. The Morgan fingerprint density at radius 3 is 2.12 bits per heavy atom. The molecule has 138 valence electrons. The highest BCUT2D eigenvalue weighted by molar-refractivity contribution is 6.02. The molecule has 6 heteroatoms. The third-order valence-electron chi connectivity index (χ3n) is 4.16. The van der Waals surface area contributed by atoms with E-state index in [4.69, 9.17) is 0 Å². The van der Waals surface area contributed by atoms with Gasteiger partial charge in [0.15, 0.2) is 11.6 Å². The summed E-state index contributed by atoms with van der Waals surface area (Å²) in [6.45, 7) is 4.97. The number of carbonyl (C=O) groups excluding carboxylic acids is 2. The number of para-hydroxylation sites is 1. The van der Waals surface area contributed by atoms with E-state index in [2.05, 4.69) is 5.32 Å². The zero-order valence-electron chi connectivity index (χ0n) is 15.1. The van der Waals surface area contributed by atoms with Crippen molar-refractivity contribution in [3.05, 3.63) is 59.2 Å². The van der Waals surface area contributed by atoms with Crippen LogP contribution in [-0.2, 0) is 22.4 Å². The molecule has 2 aromatic carbocycles. The molecule has 0 aliphatic rings. The third-order valence-corrected chi connectivity index (χ3v) is 4.16. The number of rotatable bonds is 6. The van der Waals surface area contributed by atoms with Crippen molar-refractivity contribution in [1.29, 1.82) is 0 Å². The highest BCUT2D eigenvalue weighted by Crippen LogP contribution is 2.23. The molecule has 0 unspecified atom stereocenters. The minimum absolute atomic E-state index is 0.131. The number of halogens is 2. The lowest BCUT2D eigenvalue weighted by Crippen LogP contribution is -2.37. The summed E-state index contributed by atoms with van der Waals surface area (Å²) >= 11 is 0. The summed E-state index contributed by atoms with van der Waals surface area (Å²) in [4.78, 5) is 25.5. The lowest BCUT2D eigenvalue weighted by molar-refractivity contribution is -0.120. The van der Waals surface area contributed by atoms with Gasteiger partial charge in [-0.1, -0.05) is 32.0 Å². The van der Waals surface area contributed by atoms with Crippen LogP contribution < -0.4 is 10.2 Å². The van der Waals surface area contributed by atoms with Crippen LogP contribution in [0.25, 0.3) is 0 Å². The molecule has 0 spiro atoms. The number of nitrogens with one attached hydrogen (secondary N) is 1. The summed E-state index contributed by atoms with van der Waals surface area (Å²) < 4.78 is 26.6. The molecule has 0 bridgehead atoms. The van der Waals surface area contributed by atoms with E-state index < -0.39 is 23.4 Å². The Hall–Kier alpha value is -2.76. The van der Waals surface area contributed by atoms with Gasteiger partial charge >= 0.3 is 0 Å². The van der Waals surface area contributed by atoms with E-state index in [1.165, 1.54) is 13.0 Å². The number of hydrogen-bond acceptors (Lipinski definition) is 2. The van der Waals surface area contributed by atoms with E-state index in [0.717, 1.165) is 46.7 Å². The number of benzene rings is 2. The zero-order valence-corrected chi connectivity index (χ0v) is 15.1. The summed E-state index contributed by atoms with van der Waals surface area (Å²) in [6.07, 6.45) is 1.51. The molecule has 0 saturated heterocycles. The van der Waals surface area contributed by atoms with Crippen LogP contribution in [0, 0.1) is 11.6 Å². The second kappa shape index (κ2) is 8.56. The van der Waals surface area contributed by atoms with Gasteiger partial charge in [-0.25, -0.2) is 8.78 Å². The van der Waals surface area contributed by atoms with Crippen LogP contribution in [-0.4, -0.2) is 18.4 Å². The number of hydrogen-bond donors (Lipinski definition) is 1. The molecule has 4 nitrogen and oxygen atoms in total. The Morgan fingerprint density at radius 1 is 1.00 bits per heavy atom. The van der Waals surface area contributed by atoms with E-state index in [1.807, 2.05) is 32.0 Å². The second-order valence-electron chi connectivity index (χ2n) is 5.91. The molecule has 0 aromatic heterocycles. The first kappa shape index (κ1) is 19.6. The van der Waals surface area contributed by atoms with Crippen molar-refractivity contribution < 1.29 is 18.4 Å².